The third kappa shape index (κ3) is 6.33. The van der Waals surface area contributed by atoms with E-state index >= 15 is 0 Å². The molecule has 1 rings (SSSR count). The predicted octanol–water partition coefficient (Wildman–Crippen LogP) is 2.27. The molecule has 0 saturated heterocycles. The molecule has 1 saturated carbocycles. The van der Waals surface area contributed by atoms with Gasteiger partial charge in [-0.1, -0.05) is 34.6 Å². The van der Waals surface area contributed by atoms with Crippen molar-refractivity contribution in [3.05, 3.63) is 0 Å². The largest absolute Gasteiger partial charge is 0.467 e. The van der Waals surface area contributed by atoms with Gasteiger partial charge in [0.25, 0.3) is 0 Å². The standard InChI is InChI=1S/C19H34N2O4/c1-11(2)15(18(23)21-16(12(3)4)19(24)25-6)20-17(22)14-9-7-13(5)8-10-14/h11-16H,7-10H2,1-6H3,(H,20,22)(H,21,23)/t13?,14?,15-,16-/m0/s1. The number of rotatable bonds is 7. The summed E-state index contributed by atoms with van der Waals surface area (Å²) in [6, 6.07) is -1.37. The Morgan fingerprint density at radius 2 is 1.40 bits per heavy atom. The van der Waals surface area contributed by atoms with Crippen molar-refractivity contribution in [3.63, 3.8) is 0 Å². The number of carbonyl (C=O) groups excluding carboxylic acids is 3. The minimum Gasteiger partial charge on any atom is -0.467 e. The lowest BCUT2D eigenvalue weighted by Gasteiger charge is -2.29. The van der Waals surface area contributed by atoms with Gasteiger partial charge in [-0.15, -0.1) is 0 Å². The van der Waals surface area contributed by atoms with E-state index in [-0.39, 0.29) is 29.6 Å². The van der Waals surface area contributed by atoms with Crippen LogP contribution in [0.4, 0.5) is 0 Å². The molecule has 0 radical (unpaired) electrons. The molecular formula is C19H34N2O4. The molecule has 0 aromatic heterocycles. The summed E-state index contributed by atoms with van der Waals surface area (Å²) >= 11 is 0. The van der Waals surface area contributed by atoms with Gasteiger partial charge in [0.1, 0.15) is 12.1 Å². The molecule has 6 nitrogen and oxygen atoms in total. The van der Waals surface area contributed by atoms with E-state index in [2.05, 4.69) is 17.6 Å². The molecule has 25 heavy (non-hydrogen) atoms. The summed E-state index contributed by atoms with van der Waals surface area (Å²) in [4.78, 5) is 37.1. The minimum atomic E-state index is -0.716. The maximum Gasteiger partial charge on any atom is 0.328 e. The highest BCUT2D eigenvalue weighted by atomic mass is 16.5. The van der Waals surface area contributed by atoms with Crippen molar-refractivity contribution < 1.29 is 19.1 Å². The molecule has 2 N–H and O–H groups in total. The Balaban J connectivity index is 2.73. The van der Waals surface area contributed by atoms with Crippen molar-refractivity contribution >= 4 is 17.8 Å². The van der Waals surface area contributed by atoms with Crippen molar-refractivity contribution in [3.8, 4) is 0 Å². The number of carbonyl (C=O) groups is 3. The molecule has 144 valence electrons. The maximum atomic E-state index is 12.7. The van der Waals surface area contributed by atoms with Gasteiger partial charge < -0.3 is 15.4 Å². The van der Waals surface area contributed by atoms with Crippen LogP contribution < -0.4 is 10.6 Å². The zero-order chi connectivity index (χ0) is 19.1. The number of hydrogen-bond donors (Lipinski definition) is 2. The van der Waals surface area contributed by atoms with Crippen LogP contribution in [0.2, 0.25) is 0 Å². The van der Waals surface area contributed by atoms with Crippen molar-refractivity contribution in [1.29, 1.82) is 0 Å². The molecule has 0 bridgehead atoms. The van der Waals surface area contributed by atoms with Gasteiger partial charge in [0.05, 0.1) is 7.11 Å². The summed E-state index contributed by atoms with van der Waals surface area (Å²) in [5, 5.41) is 5.63. The first-order valence-corrected chi connectivity index (χ1v) is 9.35. The van der Waals surface area contributed by atoms with Gasteiger partial charge in [-0.25, -0.2) is 4.79 Å². The topological polar surface area (TPSA) is 84.5 Å². The zero-order valence-corrected chi connectivity index (χ0v) is 16.4. The summed E-state index contributed by atoms with van der Waals surface area (Å²) in [6.45, 7) is 9.66. The second-order valence-corrected chi connectivity index (χ2v) is 7.94. The monoisotopic (exact) mass is 354 g/mol. The van der Waals surface area contributed by atoms with E-state index in [9.17, 15) is 14.4 Å². The summed E-state index contributed by atoms with van der Waals surface area (Å²) < 4.78 is 4.76. The minimum absolute atomic E-state index is 0.0215. The number of amides is 2. The van der Waals surface area contributed by atoms with Gasteiger partial charge >= 0.3 is 5.97 Å². The fourth-order valence-corrected chi connectivity index (χ4v) is 3.20. The van der Waals surface area contributed by atoms with E-state index in [1.807, 2.05) is 27.7 Å². The van der Waals surface area contributed by atoms with E-state index < -0.39 is 18.1 Å². The second-order valence-electron chi connectivity index (χ2n) is 7.94. The normalized spacial score (nSPS) is 23.0. The Hall–Kier alpha value is -1.59. The molecule has 0 aliphatic heterocycles. The van der Waals surface area contributed by atoms with Crippen molar-refractivity contribution in [2.45, 2.75) is 72.4 Å². The predicted molar refractivity (Wildman–Crippen MR) is 96.7 cm³/mol. The molecule has 0 spiro atoms. The van der Waals surface area contributed by atoms with Crippen molar-refractivity contribution in [2.24, 2.45) is 23.7 Å². The van der Waals surface area contributed by atoms with E-state index in [0.717, 1.165) is 25.7 Å². The lowest BCUT2D eigenvalue weighted by Crippen LogP contribution is -2.56. The first-order valence-electron chi connectivity index (χ1n) is 9.35. The molecule has 1 aliphatic rings. The van der Waals surface area contributed by atoms with Crippen LogP contribution in [0.5, 0.6) is 0 Å². The second kappa shape index (κ2) is 9.78. The van der Waals surface area contributed by atoms with Crippen molar-refractivity contribution in [2.75, 3.05) is 7.11 Å². The quantitative estimate of drug-likeness (QED) is 0.687. The Labute approximate surface area is 151 Å². The molecule has 1 fully saturated rings. The summed E-state index contributed by atoms with van der Waals surface area (Å²) in [5.41, 5.74) is 0. The summed E-state index contributed by atoms with van der Waals surface area (Å²) in [5.74, 6) is -0.390. The highest BCUT2D eigenvalue weighted by Gasteiger charge is 2.33. The average Bonchev–Trinajstić information content (AvgIpc) is 2.56. The lowest BCUT2D eigenvalue weighted by atomic mass is 9.82. The molecule has 0 unspecified atom stereocenters. The molecular weight excluding hydrogens is 320 g/mol. The smallest absolute Gasteiger partial charge is 0.328 e. The van der Waals surface area contributed by atoms with E-state index in [1.54, 1.807) is 0 Å². The number of nitrogens with one attached hydrogen (secondary N) is 2. The fourth-order valence-electron chi connectivity index (χ4n) is 3.20. The van der Waals surface area contributed by atoms with Gasteiger partial charge in [-0.3, -0.25) is 9.59 Å². The molecule has 0 aromatic rings. The number of hydrogen-bond acceptors (Lipinski definition) is 4. The van der Waals surface area contributed by atoms with Crippen LogP contribution in [0.3, 0.4) is 0 Å². The third-order valence-electron chi connectivity index (χ3n) is 5.05. The van der Waals surface area contributed by atoms with Crippen LogP contribution in [0.25, 0.3) is 0 Å². The number of ether oxygens (including phenoxy) is 1. The third-order valence-corrected chi connectivity index (χ3v) is 5.05. The van der Waals surface area contributed by atoms with Crippen LogP contribution in [0.1, 0.15) is 60.3 Å². The Morgan fingerprint density at radius 1 is 0.880 bits per heavy atom. The highest BCUT2D eigenvalue weighted by molar-refractivity contribution is 5.91. The maximum absolute atomic E-state index is 12.7. The molecule has 6 heteroatoms. The first-order chi connectivity index (χ1) is 11.7. The van der Waals surface area contributed by atoms with Gasteiger partial charge in [0.15, 0.2) is 0 Å². The van der Waals surface area contributed by atoms with Crippen LogP contribution in [-0.4, -0.2) is 37.0 Å². The molecule has 1 aliphatic carbocycles. The Kier molecular flexibility index (Phi) is 8.39. The molecule has 2 atom stereocenters. The van der Waals surface area contributed by atoms with Crippen LogP contribution >= 0.6 is 0 Å². The first kappa shape index (κ1) is 21.5. The van der Waals surface area contributed by atoms with E-state index in [0.29, 0.717) is 5.92 Å². The zero-order valence-electron chi connectivity index (χ0n) is 16.4. The fraction of sp³-hybridized carbons (Fsp3) is 0.842. The molecule has 2 amide bonds. The summed E-state index contributed by atoms with van der Waals surface area (Å²) in [7, 11) is 1.30. The van der Waals surface area contributed by atoms with Crippen LogP contribution in [0.15, 0.2) is 0 Å². The van der Waals surface area contributed by atoms with E-state index in [4.69, 9.17) is 4.74 Å². The number of methoxy groups -OCH3 is 1. The van der Waals surface area contributed by atoms with Gasteiger partial charge in [0.2, 0.25) is 11.8 Å². The van der Waals surface area contributed by atoms with Gasteiger partial charge in [0, 0.05) is 5.92 Å². The van der Waals surface area contributed by atoms with Crippen molar-refractivity contribution in [1.82, 2.24) is 10.6 Å². The highest BCUT2D eigenvalue weighted by Crippen LogP contribution is 2.28. The average molecular weight is 354 g/mol. The Bertz CT molecular complexity index is 468. The lowest BCUT2D eigenvalue weighted by molar-refractivity contribution is -0.147. The molecule has 0 aromatic carbocycles. The SMILES string of the molecule is COC(=O)[C@@H](NC(=O)[C@@H](NC(=O)C1CCC(C)CC1)C(C)C)C(C)C. The van der Waals surface area contributed by atoms with Gasteiger partial charge in [-0.2, -0.15) is 0 Å². The van der Waals surface area contributed by atoms with Crippen LogP contribution in [-0.2, 0) is 19.1 Å². The van der Waals surface area contributed by atoms with Gasteiger partial charge in [-0.05, 0) is 43.4 Å². The van der Waals surface area contributed by atoms with Crippen LogP contribution in [0, 0.1) is 23.7 Å². The molecule has 0 heterocycles. The number of esters is 1. The Morgan fingerprint density at radius 3 is 1.84 bits per heavy atom. The van der Waals surface area contributed by atoms with E-state index in [1.165, 1.54) is 7.11 Å². The summed E-state index contributed by atoms with van der Waals surface area (Å²) in [6.07, 6.45) is 3.84.